The smallest absolute Gasteiger partial charge is 0.429 e. The highest BCUT2D eigenvalue weighted by atomic mass is 32.7. The molecule has 1 aromatic carbocycles. The van der Waals surface area contributed by atoms with Crippen LogP contribution in [-0.4, -0.2) is 277 Å². The van der Waals surface area contributed by atoms with Crippen molar-refractivity contribution in [1.29, 1.82) is 0 Å². The molecule has 0 aliphatic carbocycles. The van der Waals surface area contributed by atoms with Crippen LogP contribution in [0, 0.1) is 17.3 Å². The van der Waals surface area contributed by atoms with E-state index in [1.807, 2.05) is 0 Å². The fourth-order valence-corrected chi connectivity index (χ4v) is 14.9. The summed E-state index contributed by atoms with van der Waals surface area (Å²) < 4.78 is 159. The van der Waals surface area contributed by atoms with Crippen molar-refractivity contribution in [3.63, 3.8) is 0 Å². The minimum atomic E-state index is -4.17. The highest BCUT2D eigenvalue weighted by Crippen LogP contribution is 2.55. The summed E-state index contributed by atoms with van der Waals surface area (Å²) in [4.78, 5) is 24.0. The molecule has 1 aromatic rings. The number of hydrogen-bond acceptors (Lipinski definition) is 34. The largest absolute Gasteiger partial charge is 0.515 e. The molecule has 10 N–H and O–H groups in total. The lowest BCUT2D eigenvalue weighted by Gasteiger charge is -2.42. The maximum absolute atomic E-state index is 13.2. The van der Waals surface area contributed by atoms with E-state index in [0.717, 1.165) is 0 Å². The van der Waals surface area contributed by atoms with E-state index in [9.17, 15) is 73.8 Å². The standard InChI is InChI=1S/C59H107NO34P4S4/c1-41-49(65)51(67)45(33-61)91-55(41)80-23-8-11-26-84-95(72,99)86-29-13-20-77-38-59(37-76-19-7-10-28-90-98(75,102)94-58(71)83-36-44-17-5-4-6-18-44,40-79-22-15-31-88-97(74,101)89-32-16-25-81-56-42(2)50(66)52(68)46(34-62)92-56)39-78-21-14-30-87-96(73,100)85-27-12-9-24-82-57-48(60-43(3)64)54(70)53(69)47(35-63)93-57/h4-6,17-18,41-42,45-57,61-63,65-70H,7-16,19-40H2,1-3H3,(H,60,64)(H,72,99)(H,73,100)(H,74,101)(H,75,102)/t41?,42?,45?,46?,47?,48?,49-,50-,51-,52+,53-,54-,55-,56-,57-,59?,95?,96?,97?,98?/m1/s1. The number of thiol groups is 4. The molecule has 3 aliphatic rings. The van der Waals surface area contributed by atoms with Crippen molar-refractivity contribution < 1.29 is 162 Å². The maximum atomic E-state index is 13.2. The van der Waals surface area contributed by atoms with E-state index < -0.39 is 156 Å². The van der Waals surface area contributed by atoms with Gasteiger partial charge >= 0.3 is 33.3 Å². The third-order valence-electron chi connectivity index (χ3n) is 15.6. The molecule has 596 valence electrons. The summed E-state index contributed by atoms with van der Waals surface area (Å²) >= 11 is 16.2. The van der Waals surface area contributed by atoms with Gasteiger partial charge in [0.05, 0.1) is 117 Å². The Labute approximate surface area is 615 Å². The Kier molecular flexibility index (Phi) is 46.1. The lowest BCUT2D eigenvalue weighted by molar-refractivity contribution is -0.282. The molecule has 3 heterocycles. The molecule has 1 amide bonds. The van der Waals surface area contributed by atoms with Gasteiger partial charge in [-0.1, -0.05) is 80.9 Å². The number of nitrogens with one attached hydrogen (secondary N) is 1. The molecule has 0 saturated carbocycles. The summed E-state index contributed by atoms with van der Waals surface area (Å²) in [5, 5.41) is 92.8. The third kappa shape index (κ3) is 36.8. The van der Waals surface area contributed by atoms with Crippen molar-refractivity contribution >= 4 is 88.2 Å². The molecule has 0 aromatic heterocycles. The van der Waals surface area contributed by atoms with Crippen LogP contribution in [0.3, 0.4) is 0 Å². The fraction of sp³-hybridized carbons (Fsp3) is 0.864. The van der Waals surface area contributed by atoms with Crippen molar-refractivity contribution in [3.8, 4) is 0 Å². The SMILES string of the molecule is CC(=O)NC1[C@H](OCCCCOP(=O)(S)OCCCOCC(COCCCCOP(=O)(S)OC(=O)OCc2ccccc2)(COCCCOP(=O)(S)OCCCCO[C@@H]2OC(CO)[C@@H](O)[C@H](O)C2C)COCCCOP(=O)(S)OCCCO[C@@H]2OC(CO)[C@H](O)[C@H](O)C2C)OC(CO)[C@@H](O)[C@@H]1O. The molecule has 3 fully saturated rings. The Bertz CT molecular complexity index is 2670. The van der Waals surface area contributed by atoms with Gasteiger partial charge in [-0.25, -0.2) is 23.1 Å². The van der Waals surface area contributed by atoms with Gasteiger partial charge in [0.2, 0.25) is 5.91 Å². The second kappa shape index (κ2) is 50.2. The van der Waals surface area contributed by atoms with Crippen LogP contribution < -0.4 is 5.32 Å². The Balaban J connectivity index is 1.33. The summed E-state index contributed by atoms with van der Waals surface area (Å²) in [5.74, 6) is -1.70. The van der Waals surface area contributed by atoms with Gasteiger partial charge in [0.25, 0.3) is 0 Å². The van der Waals surface area contributed by atoms with E-state index in [-0.39, 0.29) is 158 Å². The zero-order chi connectivity index (χ0) is 75.2. The summed E-state index contributed by atoms with van der Waals surface area (Å²) in [6.45, 7) is -13.5. The van der Waals surface area contributed by atoms with Gasteiger partial charge < -0.3 is 135 Å². The van der Waals surface area contributed by atoms with Crippen molar-refractivity contribution in [1.82, 2.24) is 5.32 Å². The number of carbonyl (C=O) groups excluding carboxylic acids is 2. The first-order valence-electron chi connectivity index (χ1n) is 33.5. The van der Waals surface area contributed by atoms with Gasteiger partial charge in [-0.15, -0.1) is 0 Å². The van der Waals surface area contributed by atoms with Crippen molar-refractivity contribution in [3.05, 3.63) is 35.9 Å². The van der Waals surface area contributed by atoms with E-state index in [1.54, 1.807) is 44.2 Å². The minimum Gasteiger partial charge on any atom is -0.429 e. The molecule has 102 heavy (non-hydrogen) atoms. The zero-order valence-corrected chi connectivity index (χ0v) is 64.6. The van der Waals surface area contributed by atoms with E-state index in [0.29, 0.717) is 37.7 Å². The Hall–Kier alpha value is -0.760. The predicted octanol–water partition coefficient (Wildman–Crippen LogP) is 4.71. The van der Waals surface area contributed by atoms with Crippen molar-refractivity contribution in [2.24, 2.45) is 17.3 Å². The lowest BCUT2D eigenvalue weighted by atomic mass is 9.92. The van der Waals surface area contributed by atoms with Crippen LogP contribution in [0.5, 0.6) is 0 Å². The maximum Gasteiger partial charge on any atom is 0.515 e. The first-order chi connectivity index (χ1) is 48.5. The number of hydrogen-bond donors (Lipinski definition) is 14. The number of rotatable bonds is 56. The topological polar surface area (TPSA) is 472 Å². The molecular formula is C59H107NO34P4S4. The van der Waals surface area contributed by atoms with E-state index in [1.165, 1.54) is 6.92 Å². The lowest BCUT2D eigenvalue weighted by Crippen LogP contribution is -2.64. The van der Waals surface area contributed by atoms with Crippen LogP contribution in [0.4, 0.5) is 4.79 Å². The fourth-order valence-electron chi connectivity index (χ4n) is 9.93. The second-order valence-corrected chi connectivity index (χ2v) is 35.9. The van der Waals surface area contributed by atoms with Crippen LogP contribution in [0.2, 0.25) is 0 Å². The minimum absolute atomic E-state index is 0.00716. The normalized spacial score (nSPS) is 28.5. The van der Waals surface area contributed by atoms with Crippen LogP contribution in [0.15, 0.2) is 30.3 Å². The summed E-state index contributed by atoms with van der Waals surface area (Å²) in [5.41, 5.74) is -0.407. The van der Waals surface area contributed by atoms with Gasteiger partial charge in [0, 0.05) is 58.4 Å². The average molecular weight is 1630 g/mol. The molecule has 20 atom stereocenters. The molecule has 0 bridgehead atoms. The number of carbonyl (C=O) groups is 2. The highest BCUT2D eigenvalue weighted by molar-refractivity contribution is 8.45. The van der Waals surface area contributed by atoms with Crippen LogP contribution in [0.25, 0.3) is 0 Å². The number of aliphatic hydroxyl groups excluding tert-OH is 9. The van der Waals surface area contributed by atoms with Gasteiger partial charge in [-0.3, -0.25) is 9.32 Å². The van der Waals surface area contributed by atoms with E-state index in [2.05, 4.69) is 54.3 Å². The molecule has 3 aliphatic heterocycles. The van der Waals surface area contributed by atoms with Crippen LogP contribution in [0.1, 0.15) is 90.5 Å². The molecular weight excluding hydrogens is 1520 g/mol. The number of amides is 1. The van der Waals surface area contributed by atoms with Gasteiger partial charge in [-0.05, 0) is 82.0 Å². The van der Waals surface area contributed by atoms with E-state index in [4.69, 9.17) is 88.3 Å². The first kappa shape index (κ1) is 93.6. The summed E-state index contributed by atoms with van der Waals surface area (Å²) in [6.07, 6.45) is -12.4. The first-order valence-corrected chi connectivity index (χ1v) is 44.3. The average Bonchev–Trinajstić information content (AvgIpc) is 0.814. The summed E-state index contributed by atoms with van der Waals surface area (Å²) in [7, 11) is 0. The molecule has 3 saturated heterocycles. The molecule has 11 unspecified atom stereocenters. The molecule has 0 radical (unpaired) electrons. The Morgan fingerprint density at radius 2 is 0.755 bits per heavy atom. The molecule has 35 nitrogen and oxygen atoms in total. The molecule has 43 heteroatoms. The zero-order valence-electron chi connectivity index (χ0n) is 57.5. The number of aliphatic hydroxyl groups is 9. The van der Waals surface area contributed by atoms with Crippen LogP contribution >= 0.6 is 76.2 Å². The number of benzene rings is 1. The Morgan fingerprint density at radius 1 is 0.441 bits per heavy atom. The Morgan fingerprint density at radius 3 is 1.15 bits per heavy atom. The van der Waals surface area contributed by atoms with Gasteiger partial charge in [0.15, 0.2) is 18.9 Å². The third-order valence-corrected chi connectivity index (χ3v) is 22.2. The molecule has 0 spiro atoms. The van der Waals surface area contributed by atoms with Crippen molar-refractivity contribution in [2.75, 3.05) is 139 Å². The van der Waals surface area contributed by atoms with Gasteiger partial charge in [0.1, 0.15) is 55.4 Å². The number of ether oxygens (including phenoxy) is 11. The van der Waals surface area contributed by atoms with Crippen molar-refractivity contribution in [2.45, 2.75) is 171 Å². The van der Waals surface area contributed by atoms with E-state index >= 15 is 0 Å². The monoisotopic (exact) mass is 1630 g/mol. The quantitative estimate of drug-likeness (QED) is 0.0182. The second-order valence-electron chi connectivity index (χ2n) is 24.2. The van der Waals surface area contributed by atoms with Crippen LogP contribution in [-0.2, 0) is 118 Å². The van der Waals surface area contributed by atoms with Gasteiger partial charge in [-0.2, -0.15) is 0 Å². The highest BCUT2D eigenvalue weighted by Gasteiger charge is 2.47. The summed E-state index contributed by atoms with van der Waals surface area (Å²) in [6, 6.07) is 7.62. The predicted molar refractivity (Wildman–Crippen MR) is 375 cm³/mol. The molecule has 4 rings (SSSR count). The number of unbranched alkanes of at least 4 members (excludes halogenated alkanes) is 3.